The minimum absolute atomic E-state index is 0.0423. The Balaban J connectivity index is 1.61. The van der Waals surface area contributed by atoms with Crippen LogP contribution in [-0.4, -0.2) is 40.9 Å². The number of aryl methyl sites for hydroxylation is 1. The van der Waals surface area contributed by atoms with Crippen LogP contribution in [0, 0.1) is 0 Å². The first-order chi connectivity index (χ1) is 11.7. The fourth-order valence-electron chi connectivity index (χ4n) is 3.26. The molecule has 0 bridgehead atoms. The van der Waals surface area contributed by atoms with Crippen molar-refractivity contribution in [3.63, 3.8) is 0 Å². The van der Waals surface area contributed by atoms with E-state index in [1.165, 1.54) is 0 Å². The van der Waals surface area contributed by atoms with E-state index in [0.717, 1.165) is 30.5 Å². The Morgan fingerprint density at radius 2 is 2.21 bits per heavy atom. The molecule has 2 aromatic rings. The van der Waals surface area contributed by atoms with E-state index in [9.17, 15) is 4.79 Å². The summed E-state index contributed by atoms with van der Waals surface area (Å²) >= 11 is 0. The third kappa shape index (κ3) is 3.59. The van der Waals surface area contributed by atoms with Crippen LogP contribution in [0.2, 0.25) is 0 Å². The number of methoxy groups -OCH3 is 1. The fourth-order valence-corrected chi connectivity index (χ4v) is 3.26. The number of ether oxygens (including phenoxy) is 1. The van der Waals surface area contributed by atoms with Crippen molar-refractivity contribution in [3.8, 4) is 0 Å². The van der Waals surface area contributed by atoms with Crippen molar-refractivity contribution in [1.82, 2.24) is 20.0 Å². The molecule has 2 unspecified atom stereocenters. The Labute approximate surface area is 142 Å². The van der Waals surface area contributed by atoms with Crippen molar-refractivity contribution in [1.29, 1.82) is 0 Å². The van der Waals surface area contributed by atoms with E-state index in [1.807, 2.05) is 54.7 Å². The van der Waals surface area contributed by atoms with E-state index < -0.39 is 0 Å². The summed E-state index contributed by atoms with van der Waals surface area (Å²) < 4.78 is 7.30. The minimum atomic E-state index is -0.144. The van der Waals surface area contributed by atoms with E-state index in [4.69, 9.17) is 4.74 Å². The third-order valence-electron chi connectivity index (χ3n) is 4.52. The quantitative estimate of drug-likeness (QED) is 0.918. The SMILES string of the molecule is COC(CNC(=O)N1CCCC1c1cnn(C)c1)c1ccccc1. The van der Waals surface area contributed by atoms with Gasteiger partial charge in [-0.1, -0.05) is 30.3 Å². The van der Waals surface area contributed by atoms with Crippen LogP contribution in [0.1, 0.15) is 36.1 Å². The molecule has 128 valence electrons. The molecule has 1 aromatic carbocycles. The van der Waals surface area contributed by atoms with Gasteiger partial charge >= 0.3 is 6.03 Å². The van der Waals surface area contributed by atoms with Gasteiger partial charge in [-0.25, -0.2) is 4.79 Å². The number of hydrogen-bond donors (Lipinski definition) is 1. The molecule has 6 nitrogen and oxygen atoms in total. The molecule has 1 aliphatic rings. The second kappa shape index (κ2) is 7.49. The van der Waals surface area contributed by atoms with Gasteiger partial charge in [-0.05, 0) is 18.4 Å². The monoisotopic (exact) mass is 328 g/mol. The van der Waals surface area contributed by atoms with Crippen LogP contribution in [0.5, 0.6) is 0 Å². The third-order valence-corrected chi connectivity index (χ3v) is 4.52. The van der Waals surface area contributed by atoms with E-state index in [1.54, 1.807) is 11.8 Å². The van der Waals surface area contributed by atoms with Gasteiger partial charge in [0.25, 0.3) is 0 Å². The second-order valence-corrected chi connectivity index (χ2v) is 6.12. The molecule has 1 fully saturated rings. The van der Waals surface area contributed by atoms with Crippen LogP contribution in [0.3, 0.4) is 0 Å². The highest BCUT2D eigenvalue weighted by atomic mass is 16.5. The zero-order valence-electron chi connectivity index (χ0n) is 14.2. The Kier molecular flexibility index (Phi) is 5.15. The number of nitrogens with zero attached hydrogens (tertiary/aromatic N) is 3. The van der Waals surface area contributed by atoms with Crippen LogP contribution in [0.15, 0.2) is 42.7 Å². The zero-order chi connectivity index (χ0) is 16.9. The Morgan fingerprint density at radius 1 is 1.42 bits per heavy atom. The lowest BCUT2D eigenvalue weighted by molar-refractivity contribution is 0.101. The van der Waals surface area contributed by atoms with Crippen molar-refractivity contribution in [2.24, 2.45) is 7.05 Å². The van der Waals surface area contributed by atoms with Crippen molar-refractivity contribution < 1.29 is 9.53 Å². The molecular formula is C18H24N4O2. The number of rotatable bonds is 5. The highest BCUT2D eigenvalue weighted by Gasteiger charge is 2.31. The molecule has 0 spiro atoms. The first-order valence-corrected chi connectivity index (χ1v) is 8.30. The van der Waals surface area contributed by atoms with Gasteiger partial charge in [0.05, 0.1) is 18.3 Å². The van der Waals surface area contributed by atoms with E-state index in [0.29, 0.717) is 6.54 Å². The van der Waals surface area contributed by atoms with Crippen LogP contribution < -0.4 is 5.32 Å². The lowest BCUT2D eigenvalue weighted by Gasteiger charge is -2.25. The average Bonchev–Trinajstić information content (AvgIpc) is 3.25. The zero-order valence-corrected chi connectivity index (χ0v) is 14.2. The van der Waals surface area contributed by atoms with Crippen molar-refractivity contribution in [2.45, 2.75) is 25.0 Å². The number of likely N-dealkylation sites (tertiary alicyclic amines) is 1. The Morgan fingerprint density at radius 3 is 2.88 bits per heavy atom. The molecule has 2 amide bonds. The summed E-state index contributed by atoms with van der Waals surface area (Å²) in [6, 6.07) is 10.0. The first-order valence-electron chi connectivity index (χ1n) is 8.30. The number of carbonyl (C=O) groups excluding carboxylic acids is 1. The van der Waals surface area contributed by atoms with Crippen LogP contribution >= 0.6 is 0 Å². The number of benzene rings is 1. The van der Waals surface area contributed by atoms with Gasteiger partial charge in [0, 0.05) is 39.0 Å². The minimum Gasteiger partial charge on any atom is -0.375 e. The van der Waals surface area contributed by atoms with Gasteiger partial charge in [-0.15, -0.1) is 0 Å². The molecule has 1 aliphatic heterocycles. The van der Waals surface area contributed by atoms with E-state index >= 15 is 0 Å². The van der Waals surface area contributed by atoms with Gasteiger partial charge in [0.15, 0.2) is 0 Å². The molecule has 0 saturated carbocycles. The molecule has 1 aromatic heterocycles. The summed E-state index contributed by atoms with van der Waals surface area (Å²) in [6.07, 6.45) is 5.68. The summed E-state index contributed by atoms with van der Waals surface area (Å²) in [7, 11) is 3.56. The highest BCUT2D eigenvalue weighted by Crippen LogP contribution is 2.31. The summed E-state index contributed by atoms with van der Waals surface area (Å²) in [5.74, 6) is 0. The van der Waals surface area contributed by atoms with Crippen molar-refractivity contribution in [2.75, 3.05) is 20.2 Å². The summed E-state index contributed by atoms with van der Waals surface area (Å²) in [4.78, 5) is 14.5. The average molecular weight is 328 g/mol. The molecule has 1 saturated heterocycles. The predicted octanol–water partition coefficient (Wildman–Crippen LogP) is 2.65. The van der Waals surface area contributed by atoms with Crippen LogP contribution in [0.25, 0.3) is 0 Å². The molecule has 24 heavy (non-hydrogen) atoms. The topological polar surface area (TPSA) is 59.4 Å². The predicted molar refractivity (Wildman–Crippen MR) is 91.5 cm³/mol. The highest BCUT2D eigenvalue weighted by molar-refractivity contribution is 5.75. The molecule has 0 radical (unpaired) electrons. The van der Waals surface area contributed by atoms with E-state index in [2.05, 4.69) is 10.4 Å². The maximum absolute atomic E-state index is 12.6. The smallest absolute Gasteiger partial charge is 0.318 e. The van der Waals surface area contributed by atoms with Gasteiger partial charge in [-0.2, -0.15) is 5.10 Å². The maximum atomic E-state index is 12.6. The Bertz CT molecular complexity index is 671. The van der Waals surface area contributed by atoms with Gasteiger partial charge in [-0.3, -0.25) is 4.68 Å². The number of carbonyl (C=O) groups is 1. The number of hydrogen-bond acceptors (Lipinski definition) is 3. The molecule has 0 aliphatic carbocycles. The second-order valence-electron chi connectivity index (χ2n) is 6.12. The molecule has 2 atom stereocenters. The lowest BCUT2D eigenvalue weighted by Crippen LogP contribution is -2.41. The number of urea groups is 1. The molecule has 6 heteroatoms. The van der Waals surface area contributed by atoms with Crippen molar-refractivity contribution in [3.05, 3.63) is 53.9 Å². The summed E-state index contributed by atoms with van der Waals surface area (Å²) in [6.45, 7) is 1.23. The first kappa shape index (κ1) is 16.5. The summed E-state index contributed by atoms with van der Waals surface area (Å²) in [5, 5.41) is 7.24. The van der Waals surface area contributed by atoms with Gasteiger partial charge in [0.1, 0.15) is 0 Å². The molecule has 2 heterocycles. The normalized spacial score (nSPS) is 18.6. The van der Waals surface area contributed by atoms with Gasteiger partial charge < -0.3 is 15.0 Å². The van der Waals surface area contributed by atoms with Crippen LogP contribution in [0.4, 0.5) is 4.79 Å². The van der Waals surface area contributed by atoms with Crippen LogP contribution in [-0.2, 0) is 11.8 Å². The number of aromatic nitrogens is 2. The van der Waals surface area contributed by atoms with Crippen molar-refractivity contribution >= 4 is 6.03 Å². The largest absolute Gasteiger partial charge is 0.375 e. The number of nitrogens with one attached hydrogen (secondary N) is 1. The Hall–Kier alpha value is -2.34. The molecule has 1 N–H and O–H groups in total. The van der Waals surface area contributed by atoms with Gasteiger partial charge in [0.2, 0.25) is 0 Å². The summed E-state index contributed by atoms with van der Waals surface area (Å²) in [5.41, 5.74) is 2.15. The fraction of sp³-hybridized carbons (Fsp3) is 0.444. The molecule has 3 rings (SSSR count). The maximum Gasteiger partial charge on any atom is 0.318 e. The standard InChI is InChI=1S/C18H24N4O2/c1-21-13-15(11-20-21)16-9-6-10-22(16)18(23)19-12-17(24-2)14-7-4-3-5-8-14/h3-5,7-8,11,13,16-17H,6,9-10,12H2,1-2H3,(H,19,23). The lowest BCUT2D eigenvalue weighted by atomic mass is 10.1. The van der Waals surface area contributed by atoms with E-state index in [-0.39, 0.29) is 18.2 Å². The molecular weight excluding hydrogens is 304 g/mol. The number of amides is 2.